The van der Waals surface area contributed by atoms with Gasteiger partial charge in [0.05, 0.1) is 0 Å². The smallest absolute Gasteiger partial charge is 0.328 e. The molecule has 0 aromatic heterocycles. The van der Waals surface area contributed by atoms with Crippen LogP contribution in [0.15, 0.2) is 18.2 Å². The predicted molar refractivity (Wildman–Crippen MR) is 86.1 cm³/mol. The van der Waals surface area contributed by atoms with E-state index in [2.05, 4.69) is 5.32 Å². The highest BCUT2D eigenvalue weighted by molar-refractivity contribution is 6.35. The SMILES string of the molecule is O=C(O)C(CF)NC(=O)C1CCCN1C(=O)c1cc(Cl)cc(Cl)c1. The summed E-state index contributed by atoms with van der Waals surface area (Å²) in [6.07, 6.45) is 0.940. The monoisotopic (exact) mass is 376 g/mol. The Bertz CT molecular complexity index is 651. The Kier molecular flexibility index (Phi) is 6.01. The first-order valence-corrected chi connectivity index (χ1v) is 7.95. The van der Waals surface area contributed by atoms with E-state index in [9.17, 15) is 18.8 Å². The van der Waals surface area contributed by atoms with E-state index < -0.39 is 36.5 Å². The Labute approximate surface area is 147 Å². The molecule has 1 aromatic carbocycles. The number of carbonyl (C=O) groups excluding carboxylic acids is 2. The Morgan fingerprint density at radius 3 is 2.46 bits per heavy atom. The van der Waals surface area contributed by atoms with Crippen LogP contribution in [0.1, 0.15) is 23.2 Å². The molecule has 0 bridgehead atoms. The zero-order chi connectivity index (χ0) is 17.9. The third kappa shape index (κ3) is 4.15. The fraction of sp³-hybridized carbons (Fsp3) is 0.400. The standard InChI is InChI=1S/C15H15Cl2FN2O4/c16-9-4-8(5-10(17)6-9)14(22)20-3-1-2-12(20)13(21)19-11(7-18)15(23)24/h4-6,11-12H,1-3,7H2,(H,19,21)(H,23,24). The summed E-state index contributed by atoms with van der Waals surface area (Å²) >= 11 is 11.8. The summed E-state index contributed by atoms with van der Waals surface area (Å²) in [4.78, 5) is 36.9. The van der Waals surface area contributed by atoms with Crippen LogP contribution in [0.5, 0.6) is 0 Å². The van der Waals surface area contributed by atoms with E-state index in [0.717, 1.165) is 0 Å². The maximum atomic E-state index is 12.7. The first kappa shape index (κ1) is 18.5. The average molecular weight is 377 g/mol. The van der Waals surface area contributed by atoms with E-state index in [1.165, 1.54) is 23.1 Å². The molecule has 0 aliphatic carbocycles. The summed E-state index contributed by atoms with van der Waals surface area (Å²) in [5, 5.41) is 11.5. The second-order valence-electron chi connectivity index (χ2n) is 5.37. The Hall–Kier alpha value is -1.86. The molecule has 6 nitrogen and oxygen atoms in total. The van der Waals surface area contributed by atoms with Gasteiger partial charge >= 0.3 is 5.97 Å². The van der Waals surface area contributed by atoms with Crippen LogP contribution in [-0.4, -0.2) is 53.1 Å². The number of hydrogen-bond acceptors (Lipinski definition) is 3. The molecule has 1 fully saturated rings. The van der Waals surface area contributed by atoms with Crippen molar-refractivity contribution in [2.75, 3.05) is 13.2 Å². The summed E-state index contributed by atoms with van der Waals surface area (Å²) in [6, 6.07) is 1.86. The third-order valence-corrected chi connectivity index (χ3v) is 4.13. The van der Waals surface area contributed by atoms with Gasteiger partial charge in [0.15, 0.2) is 6.04 Å². The molecular weight excluding hydrogens is 362 g/mol. The summed E-state index contributed by atoms with van der Waals surface area (Å²) < 4.78 is 12.7. The average Bonchev–Trinajstić information content (AvgIpc) is 2.99. The van der Waals surface area contributed by atoms with Gasteiger partial charge in [-0.2, -0.15) is 0 Å². The van der Waals surface area contributed by atoms with Gasteiger partial charge in [-0.15, -0.1) is 0 Å². The molecule has 2 N–H and O–H groups in total. The zero-order valence-corrected chi connectivity index (χ0v) is 14.0. The van der Waals surface area contributed by atoms with Crippen LogP contribution >= 0.6 is 23.2 Å². The minimum absolute atomic E-state index is 0.229. The summed E-state index contributed by atoms with van der Waals surface area (Å²) in [6.45, 7) is -0.903. The molecule has 2 unspecified atom stereocenters. The van der Waals surface area contributed by atoms with Gasteiger partial charge in [0.25, 0.3) is 5.91 Å². The van der Waals surface area contributed by atoms with Gasteiger partial charge < -0.3 is 15.3 Å². The Morgan fingerprint density at radius 1 is 1.29 bits per heavy atom. The quantitative estimate of drug-likeness (QED) is 0.823. The number of halogens is 3. The van der Waals surface area contributed by atoms with Crippen LogP contribution in [0.4, 0.5) is 4.39 Å². The van der Waals surface area contributed by atoms with E-state index in [0.29, 0.717) is 19.4 Å². The van der Waals surface area contributed by atoms with Gasteiger partial charge in [-0.1, -0.05) is 23.2 Å². The molecule has 1 aliphatic rings. The van der Waals surface area contributed by atoms with Crippen molar-refractivity contribution in [3.05, 3.63) is 33.8 Å². The third-order valence-electron chi connectivity index (χ3n) is 3.69. The van der Waals surface area contributed by atoms with Crippen LogP contribution in [0.3, 0.4) is 0 Å². The molecule has 2 amide bonds. The predicted octanol–water partition coefficient (Wildman–Crippen LogP) is 2.14. The molecule has 1 aromatic rings. The van der Waals surface area contributed by atoms with Gasteiger partial charge in [0.1, 0.15) is 12.7 Å². The lowest BCUT2D eigenvalue weighted by atomic mass is 10.1. The van der Waals surface area contributed by atoms with E-state index in [4.69, 9.17) is 28.3 Å². The van der Waals surface area contributed by atoms with Crippen LogP contribution in [0, 0.1) is 0 Å². The number of benzene rings is 1. The molecule has 2 rings (SSSR count). The number of amides is 2. The molecule has 0 saturated carbocycles. The number of nitrogens with one attached hydrogen (secondary N) is 1. The van der Waals surface area contributed by atoms with Crippen LogP contribution in [0.25, 0.3) is 0 Å². The number of carboxylic acid groups (broad SMARTS) is 1. The van der Waals surface area contributed by atoms with Crippen LogP contribution in [0.2, 0.25) is 10.0 Å². The molecule has 0 spiro atoms. The Balaban J connectivity index is 2.16. The van der Waals surface area contributed by atoms with Crippen molar-refractivity contribution in [3.63, 3.8) is 0 Å². The van der Waals surface area contributed by atoms with Crippen molar-refractivity contribution >= 4 is 41.0 Å². The highest BCUT2D eigenvalue weighted by Gasteiger charge is 2.36. The number of carbonyl (C=O) groups is 3. The molecule has 1 heterocycles. The summed E-state index contributed by atoms with van der Waals surface area (Å²) in [5.41, 5.74) is 0.229. The minimum atomic E-state index is -1.63. The fourth-order valence-corrected chi connectivity index (χ4v) is 3.09. The van der Waals surface area contributed by atoms with Crippen molar-refractivity contribution in [2.45, 2.75) is 24.9 Å². The van der Waals surface area contributed by atoms with Crippen molar-refractivity contribution < 1.29 is 23.9 Å². The number of likely N-dealkylation sites (tertiary alicyclic amines) is 1. The number of alkyl halides is 1. The van der Waals surface area contributed by atoms with Gasteiger partial charge in [0.2, 0.25) is 5.91 Å². The maximum absolute atomic E-state index is 12.7. The van der Waals surface area contributed by atoms with E-state index in [-0.39, 0.29) is 15.6 Å². The minimum Gasteiger partial charge on any atom is -0.480 e. The van der Waals surface area contributed by atoms with Gasteiger partial charge in [-0.05, 0) is 31.0 Å². The molecule has 2 atom stereocenters. The molecule has 0 radical (unpaired) electrons. The highest BCUT2D eigenvalue weighted by atomic mass is 35.5. The lowest BCUT2D eigenvalue weighted by molar-refractivity contribution is -0.142. The van der Waals surface area contributed by atoms with E-state index >= 15 is 0 Å². The Morgan fingerprint density at radius 2 is 1.92 bits per heavy atom. The molecular formula is C15H15Cl2FN2O4. The van der Waals surface area contributed by atoms with Gasteiger partial charge in [-0.3, -0.25) is 9.59 Å². The summed E-state index contributed by atoms with van der Waals surface area (Å²) in [7, 11) is 0. The van der Waals surface area contributed by atoms with Crippen molar-refractivity contribution in [1.29, 1.82) is 0 Å². The van der Waals surface area contributed by atoms with Crippen LogP contribution in [-0.2, 0) is 9.59 Å². The normalized spacial score (nSPS) is 18.3. The molecule has 24 heavy (non-hydrogen) atoms. The lowest BCUT2D eigenvalue weighted by Gasteiger charge is -2.25. The van der Waals surface area contributed by atoms with Crippen molar-refractivity contribution in [3.8, 4) is 0 Å². The fourth-order valence-electron chi connectivity index (χ4n) is 2.56. The zero-order valence-electron chi connectivity index (χ0n) is 12.5. The van der Waals surface area contributed by atoms with Crippen LogP contribution < -0.4 is 5.32 Å². The largest absolute Gasteiger partial charge is 0.480 e. The number of hydrogen-bond donors (Lipinski definition) is 2. The number of nitrogens with zero attached hydrogens (tertiary/aromatic N) is 1. The summed E-state index contributed by atoms with van der Waals surface area (Å²) in [5.74, 6) is -2.61. The van der Waals surface area contributed by atoms with Crippen molar-refractivity contribution in [1.82, 2.24) is 10.2 Å². The molecule has 130 valence electrons. The number of carboxylic acids is 1. The number of rotatable bonds is 5. The van der Waals surface area contributed by atoms with Crippen molar-refractivity contribution in [2.24, 2.45) is 0 Å². The molecule has 9 heteroatoms. The highest BCUT2D eigenvalue weighted by Crippen LogP contribution is 2.24. The van der Waals surface area contributed by atoms with E-state index in [1.807, 2.05) is 0 Å². The first-order chi connectivity index (χ1) is 11.3. The second-order valence-corrected chi connectivity index (χ2v) is 6.24. The van der Waals surface area contributed by atoms with Gasteiger partial charge in [0, 0.05) is 22.2 Å². The van der Waals surface area contributed by atoms with Gasteiger partial charge in [-0.25, -0.2) is 9.18 Å². The second kappa shape index (κ2) is 7.81. The van der Waals surface area contributed by atoms with E-state index in [1.54, 1.807) is 0 Å². The lowest BCUT2D eigenvalue weighted by Crippen LogP contribution is -2.51. The topological polar surface area (TPSA) is 86.7 Å². The first-order valence-electron chi connectivity index (χ1n) is 7.19. The maximum Gasteiger partial charge on any atom is 0.328 e. The molecule has 1 saturated heterocycles. The number of aliphatic carboxylic acids is 1. The molecule has 1 aliphatic heterocycles.